The van der Waals surface area contributed by atoms with Gasteiger partial charge < -0.3 is 10.4 Å². The molecule has 5 heteroatoms. The van der Waals surface area contributed by atoms with E-state index in [4.69, 9.17) is 0 Å². The third kappa shape index (κ3) is 2.97. The van der Waals surface area contributed by atoms with E-state index < -0.39 is 5.54 Å². The van der Waals surface area contributed by atoms with Gasteiger partial charge in [0.05, 0.1) is 18.7 Å². The van der Waals surface area contributed by atoms with Gasteiger partial charge in [-0.15, -0.1) is 0 Å². The fourth-order valence-corrected chi connectivity index (χ4v) is 3.30. The van der Waals surface area contributed by atoms with Gasteiger partial charge in [0.25, 0.3) is 0 Å². The highest BCUT2D eigenvalue weighted by atomic mass is 16.3. The summed E-state index contributed by atoms with van der Waals surface area (Å²) in [6.07, 6.45) is 3.45. The first kappa shape index (κ1) is 15.3. The molecule has 2 rings (SSSR count). The first-order valence-corrected chi connectivity index (χ1v) is 7.51. The van der Waals surface area contributed by atoms with Crippen molar-refractivity contribution in [3.05, 3.63) is 0 Å². The van der Waals surface area contributed by atoms with Gasteiger partial charge in [0.15, 0.2) is 0 Å². The zero-order valence-corrected chi connectivity index (χ0v) is 12.6. The maximum absolute atomic E-state index is 12.2. The summed E-state index contributed by atoms with van der Waals surface area (Å²) in [5, 5.41) is 21.9. The van der Waals surface area contributed by atoms with Gasteiger partial charge in [0.1, 0.15) is 5.54 Å². The minimum Gasteiger partial charge on any atom is -0.393 e. The Balaban J connectivity index is 1.95. The van der Waals surface area contributed by atoms with Crippen LogP contribution in [-0.2, 0) is 4.79 Å². The molecular formula is C15H25N3O2. The van der Waals surface area contributed by atoms with E-state index in [9.17, 15) is 15.2 Å². The lowest BCUT2D eigenvalue weighted by Crippen LogP contribution is -2.54. The highest BCUT2D eigenvalue weighted by Gasteiger charge is 2.41. The predicted molar refractivity (Wildman–Crippen MR) is 75.8 cm³/mol. The van der Waals surface area contributed by atoms with Crippen LogP contribution >= 0.6 is 0 Å². The average Bonchev–Trinajstić information content (AvgIpc) is 2.61. The average molecular weight is 279 g/mol. The van der Waals surface area contributed by atoms with Crippen LogP contribution in [0.4, 0.5) is 0 Å². The fourth-order valence-electron chi connectivity index (χ4n) is 3.30. The molecular weight excluding hydrogens is 254 g/mol. The molecule has 2 heterocycles. The van der Waals surface area contributed by atoms with Gasteiger partial charge in [-0.25, -0.2) is 0 Å². The monoisotopic (exact) mass is 279 g/mol. The van der Waals surface area contributed by atoms with E-state index in [-0.39, 0.29) is 17.9 Å². The van der Waals surface area contributed by atoms with Crippen molar-refractivity contribution >= 4 is 5.91 Å². The summed E-state index contributed by atoms with van der Waals surface area (Å²) >= 11 is 0. The van der Waals surface area contributed by atoms with E-state index in [1.54, 1.807) is 6.92 Å². The first-order chi connectivity index (χ1) is 9.35. The molecule has 2 aliphatic rings. The zero-order valence-electron chi connectivity index (χ0n) is 12.6. The molecule has 0 saturated carbocycles. The normalized spacial score (nSPS) is 32.7. The molecule has 112 valence electrons. The maximum atomic E-state index is 12.2. The number of fused-ring (bicyclic) bond motifs is 2. The van der Waals surface area contributed by atoms with Crippen LogP contribution in [0.1, 0.15) is 46.5 Å². The van der Waals surface area contributed by atoms with Gasteiger partial charge in [-0.3, -0.25) is 9.69 Å². The summed E-state index contributed by atoms with van der Waals surface area (Å²) in [7, 11) is 0. The number of carbonyl (C=O) groups is 1. The van der Waals surface area contributed by atoms with Crippen molar-refractivity contribution in [2.24, 2.45) is 5.92 Å². The Bertz CT molecular complexity index is 404. The predicted octanol–water partition coefficient (Wildman–Crippen LogP) is 1.03. The number of hydrogen-bond acceptors (Lipinski definition) is 4. The van der Waals surface area contributed by atoms with Gasteiger partial charge in [-0.1, -0.05) is 13.8 Å². The minimum atomic E-state index is -0.814. The van der Waals surface area contributed by atoms with Crippen molar-refractivity contribution < 1.29 is 9.90 Å². The summed E-state index contributed by atoms with van der Waals surface area (Å²) in [6, 6.07) is 2.84. The lowest BCUT2D eigenvalue weighted by atomic mass is 9.90. The molecule has 0 aliphatic carbocycles. The van der Waals surface area contributed by atoms with Crippen LogP contribution in [0.15, 0.2) is 0 Å². The molecule has 20 heavy (non-hydrogen) atoms. The van der Waals surface area contributed by atoms with Crippen LogP contribution in [-0.4, -0.2) is 46.2 Å². The summed E-state index contributed by atoms with van der Waals surface area (Å²) in [5.41, 5.74) is -0.814. The summed E-state index contributed by atoms with van der Waals surface area (Å²) in [6.45, 7) is 5.98. The van der Waals surface area contributed by atoms with E-state index >= 15 is 0 Å². The molecule has 0 aromatic heterocycles. The Morgan fingerprint density at radius 1 is 1.45 bits per heavy atom. The van der Waals surface area contributed by atoms with Gasteiger partial charge in [-0.05, 0) is 38.5 Å². The molecule has 2 bridgehead atoms. The Hall–Kier alpha value is -1.12. The Morgan fingerprint density at radius 3 is 2.45 bits per heavy atom. The van der Waals surface area contributed by atoms with Gasteiger partial charge in [0.2, 0.25) is 5.91 Å². The van der Waals surface area contributed by atoms with Crippen LogP contribution in [0.2, 0.25) is 0 Å². The molecule has 0 spiro atoms. The molecule has 2 aliphatic heterocycles. The Morgan fingerprint density at radius 2 is 2.00 bits per heavy atom. The van der Waals surface area contributed by atoms with Crippen LogP contribution in [0.5, 0.6) is 0 Å². The number of piperidine rings is 1. The summed E-state index contributed by atoms with van der Waals surface area (Å²) in [4.78, 5) is 14.4. The highest BCUT2D eigenvalue weighted by molar-refractivity contribution is 5.79. The van der Waals surface area contributed by atoms with Gasteiger partial charge in [-0.2, -0.15) is 5.26 Å². The van der Waals surface area contributed by atoms with Crippen molar-refractivity contribution in [2.45, 2.75) is 70.2 Å². The van der Waals surface area contributed by atoms with Gasteiger partial charge >= 0.3 is 0 Å². The second kappa shape index (κ2) is 5.71. The SMILES string of the molecule is CC(C)C(C)(C#N)NC(=O)CN1C2CCC1CC(O)C2. The Labute approximate surface area is 120 Å². The van der Waals surface area contributed by atoms with Crippen molar-refractivity contribution in [1.29, 1.82) is 5.26 Å². The van der Waals surface area contributed by atoms with E-state index in [2.05, 4.69) is 16.3 Å². The number of nitriles is 1. The van der Waals surface area contributed by atoms with E-state index in [0.29, 0.717) is 18.6 Å². The topological polar surface area (TPSA) is 76.4 Å². The maximum Gasteiger partial charge on any atom is 0.235 e. The lowest BCUT2D eigenvalue weighted by molar-refractivity contribution is -0.125. The smallest absolute Gasteiger partial charge is 0.235 e. The second-order valence-electron chi connectivity index (χ2n) is 6.70. The molecule has 2 N–H and O–H groups in total. The van der Waals surface area contributed by atoms with E-state index in [0.717, 1.165) is 25.7 Å². The minimum absolute atomic E-state index is 0.0661. The van der Waals surface area contributed by atoms with Crippen molar-refractivity contribution in [3.63, 3.8) is 0 Å². The first-order valence-electron chi connectivity index (χ1n) is 7.51. The number of hydrogen-bond donors (Lipinski definition) is 2. The highest BCUT2D eigenvalue weighted by Crippen LogP contribution is 2.35. The van der Waals surface area contributed by atoms with E-state index in [1.165, 1.54) is 0 Å². The van der Waals surface area contributed by atoms with Crippen molar-refractivity contribution in [3.8, 4) is 6.07 Å². The molecule has 5 nitrogen and oxygen atoms in total. The molecule has 3 unspecified atom stereocenters. The number of rotatable bonds is 4. The van der Waals surface area contributed by atoms with Crippen LogP contribution in [0.3, 0.4) is 0 Å². The van der Waals surface area contributed by atoms with E-state index in [1.807, 2.05) is 13.8 Å². The molecule has 0 aromatic rings. The molecule has 0 radical (unpaired) electrons. The quantitative estimate of drug-likeness (QED) is 0.806. The fraction of sp³-hybridized carbons (Fsp3) is 0.867. The number of nitrogens with one attached hydrogen (secondary N) is 1. The number of nitrogens with zero attached hydrogens (tertiary/aromatic N) is 2. The van der Waals surface area contributed by atoms with Crippen molar-refractivity contribution in [2.75, 3.05) is 6.54 Å². The number of amides is 1. The third-order valence-corrected chi connectivity index (χ3v) is 4.97. The molecule has 2 fully saturated rings. The van der Waals surface area contributed by atoms with Crippen molar-refractivity contribution in [1.82, 2.24) is 10.2 Å². The standard InChI is InChI=1S/C15H25N3O2/c1-10(2)15(3,9-16)17-14(20)8-18-11-4-5-12(18)7-13(19)6-11/h10-13,19H,4-8H2,1-3H3,(H,17,20). The van der Waals surface area contributed by atoms with Crippen LogP contribution in [0, 0.1) is 17.2 Å². The number of aliphatic hydroxyl groups excluding tert-OH is 1. The third-order valence-electron chi connectivity index (χ3n) is 4.97. The summed E-state index contributed by atoms with van der Waals surface area (Å²) < 4.78 is 0. The van der Waals surface area contributed by atoms with Gasteiger partial charge in [0, 0.05) is 12.1 Å². The number of aliphatic hydroxyl groups is 1. The number of carbonyl (C=O) groups excluding carboxylic acids is 1. The second-order valence-corrected chi connectivity index (χ2v) is 6.70. The van der Waals surface area contributed by atoms with Crippen LogP contribution in [0.25, 0.3) is 0 Å². The molecule has 1 amide bonds. The van der Waals surface area contributed by atoms with Crippen LogP contribution < -0.4 is 5.32 Å². The molecule has 2 saturated heterocycles. The summed E-state index contributed by atoms with van der Waals surface area (Å²) in [5.74, 6) is -0.0209. The largest absolute Gasteiger partial charge is 0.393 e. The lowest BCUT2D eigenvalue weighted by Gasteiger charge is -2.37. The Kier molecular flexibility index (Phi) is 4.36. The molecule has 0 aromatic carbocycles. The molecule has 3 atom stereocenters. The zero-order chi connectivity index (χ0) is 14.9.